The van der Waals surface area contributed by atoms with E-state index < -0.39 is 0 Å². The smallest absolute Gasteiger partial charge is 0.223 e. The average Bonchev–Trinajstić information content (AvgIpc) is 2.84. The molecule has 0 unspecified atom stereocenters. The van der Waals surface area contributed by atoms with E-state index in [1.807, 2.05) is 6.20 Å². The molecule has 2 aliphatic heterocycles. The van der Waals surface area contributed by atoms with Crippen molar-refractivity contribution in [3.8, 4) is 0 Å². The first kappa shape index (κ1) is 22.9. The number of pyridine rings is 1. The quantitative estimate of drug-likeness (QED) is 0.715. The number of hydrogen-bond acceptors (Lipinski definition) is 6. The summed E-state index contributed by atoms with van der Waals surface area (Å²) < 4.78 is 0. The van der Waals surface area contributed by atoms with E-state index in [0.717, 1.165) is 80.1 Å². The van der Waals surface area contributed by atoms with Crippen molar-refractivity contribution >= 4 is 22.8 Å². The third kappa shape index (κ3) is 5.20. The summed E-state index contributed by atoms with van der Waals surface area (Å²) in [5.41, 5.74) is 4.77. The van der Waals surface area contributed by atoms with Crippen molar-refractivity contribution in [1.82, 2.24) is 25.2 Å². The minimum absolute atomic E-state index is 0.108. The molecule has 2 aromatic rings. The molecule has 7 heteroatoms. The zero-order valence-corrected chi connectivity index (χ0v) is 19.9. The zero-order chi connectivity index (χ0) is 22.5. The van der Waals surface area contributed by atoms with Crippen molar-refractivity contribution in [2.45, 2.75) is 71.8 Å². The second-order valence-electron chi connectivity index (χ2n) is 9.29. The number of aromatic nitrogens is 3. The minimum Gasteiger partial charge on any atom is -0.370 e. The number of amides is 1. The zero-order valence-electron chi connectivity index (χ0n) is 19.9. The van der Waals surface area contributed by atoms with Gasteiger partial charge in [-0.25, -0.2) is 15.0 Å². The Bertz CT molecular complexity index is 924. The molecular weight excluding hydrogens is 400 g/mol. The number of hydrogen-bond donors (Lipinski definition) is 1. The number of carbonyl (C=O) groups excluding carboxylic acids is 1. The second-order valence-corrected chi connectivity index (χ2v) is 9.29. The van der Waals surface area contributed by atoms with E-state index in [1.54, 1.807) is 0 Å². The number of anilines is 1. The molecular formula is C25H38N6O. The number of carbonyl (C=O) groups is 1. The Hall–Kier alpha value is -2.28. The number of aryl methyl sites for hydroxylation is 2. The third-order valence-corrected chi connectivity index (χ3v) is 7.20. The van der Waals surface area contributed by atoms with Gasteiger partial charge in [0.1, 0.15) is 5.52 Å². The van der Waals surface area contributed by atoms with Crippen LogP contribution in [-0.4, -0.2) is 64.5 Å². The molecule has 7 nitrogen and oxygen atoms in total. The predicted octanol–water partition coefficient (Wildman–Crippen LogP) is 3.36. The lowest BCUT2D eigenvalue weighted by atomic mass is 9.95. The van der Waals surface area contributed by atoms with E-state index in [-0.39, 0.29) is 11.8 Å². The molecule has 2 saturated heterocycles. The minimum atomic E-state index is 0.108. The van der Waals surface area contributed by atoms with Gasteiger partial charge in [-0.05, 0) is 58.1 Å². The highest BCUT2D eigenvalue weighted by molar-refractivity contribution is 5.79. The molecule has 2 aromatic heterocycles. The summed E-state index contributed by atoms with van der Waals surface area (Å²) in [6.07, 6.45) is 9.32. The van der Waals surface area contributed by atoms with Crippen LogP contribution in [0.1, 0.15) is 64.3 Å². The van der Waals surface area contributed by atoms with Gasteiger partial charge in [0.25, 0.3) is 0 Å². The van der Waals surface area contributed by atoms with Crippen LogP contribution in [0.5, 0.6) is 0 Å². The van der Waals surface area contributed by atoms with E-state index >= 15 is 0 Å². The Balaban J connectivity index is 1.30. The van der Waals surface area contributed by atoms with Crippen molar-refractivity contribution in [2.75, 3.05) is 37.6 Å². The normalized spacial score (nSPS) is 20.6. The van der Waals surface area contributed by atoms with Gasteiger partial charge in [-0.1, -0.05) is 20.3 Å². The number of fused-ring (bicyclic) bond motifs is 1. The number of likely N-dealkylation sites (tertiary alicyclic amines) is 1. The third-order valence-electron chi connectivity index (χ3n) is 7.20. The van der Waals surface area contributed by atoms with Gasteiger partial charge in [-0.2, -0.15) is 0 Å². The Labute approximate surface area is 192 Å². The molecule has 174 valence electrons. The molecule has 0 aliphatic carbocycles. The van der Waals surface area contributed by atoms with Crippen molar-refractivity contribution in [3.63, 3.8) is 0 Å². The van der Waals surface area contributed by atoms with Gasteiger partial charge < -0.3 is 10.2 Å². The number of nitrogens with one attached hydrogen (secondary N) is 1. The number of nitrogens with zero attached hydrogens (tertiary/aromatic N) is 5. The molecule has 1 amide bonds. The van der Waals surface area contributed by atoms with Crippen molar-refractivity contribution in [3.05, 3.63) is 23.7 Å². The second kappa shape index (κ2) is 10.6. The van der Waals surface area contributed by atoms with E-state index in [9.17, 15) is 4.79 Å². The van der Waals surface area contributed by atoms with Gasteiger partial charge >= 0.3 is 0 Å². The monoisotopic (exact) mass is 438 g/mol. The SMILES string of the molecule is CCc1nc2cc(N3CCC(C(=O)NCCN4CCCC[C@@H]4C)CC3)cnc2nc1CC. The first-order valence-electron chi connectivity index (χ1n) is 12.5. The van der Waals surface area contributed by atoms with Crippen molar-refractivity contribution in [2.24, 2.45) is 5.92 Å². The fraction of sp³-hybridized carbons (Fsp3) is 0.680. The van der Waals surface area contributed by atoms with Crippen molar-refractivity contribution in [1.29, 1.82) is 0 Å². The Morgan fingerprint density at radius 2 is 1.81 bits per heavy atom. The average molecular weight is 439 g/mol. The van der Waals surface area contributed by atoms with Gasteiger partial charge in [0.2, 0.25) is 5.91 Å². The fourth-order valence-corrected chi connectivity index (χ4v) is 5.10. The van der Waals surface area contributed by atoms with E-state index in [1.165, 1.54) is 25.8 Å². The lowest BCUT2D eigenvalue weighted by molar-refractivity contribution is -0.125. The Kier molecular flexibility index (Phi) is 7.55. The fourth-order valence-electron chi connectivity index (χ4n) is 5.10. The summed E-state index contributed by atoms with van der Waals surface area (Å²) in [5, 5.41) is 3.19. The van der Waals surface area contributed by atoms with E-state index in [2.05, 4.69) is 46.9 Å². The number of rotatable bonds is 7. The summed E-state index contributed by atoms with van der Waals surface area (Å²) in [6, 6.07) is 2.75. The summed E-state index contributed by atoms with van der Waals surface area (Å²) in [7, 11) is 0. The molecule has 0 saturated carbocycles. The molecule has 2 aliphatic rings. The van der Waals surface area contributed by atoms with E-state index in [4.69, 9.17) is 9.97 Å². The lowest BCUT2D eigenvalue weighted by Crippen LogP contribution is -2.45. The summed E-state index contributed by atoms with van der Waals surface area (Å²) >= 11 is 0. The van der Waals surface area contributed by atoms with Gasteiger partial charge in [0, 0.05) is 38.1 Å². The maximum atomic E-state index is 12.7. The molecule has 1 atom stereocenters. The van der Waals surface area contributed by atoms with Crippen LogP contribution in [0.3, 0.4) is 0 Å². The number of piperidine rings is 2. The first-order chi connectivity index (χ1) is 15.6. The highest BCUT2D eigenvalue weighted by Crippen LogP contribution is 2.25. The Morgan fingerprint density at radius 3 is 2.53 bits per heavy atom. The molecule has 2 fully saturated rings. The molecule has 0 radical (unpaired) electrons. The van der Waals surface area contributed by atoms with Crippen LogP contribution in [0.25, 0.3) is 11.2 Å². The predicted molar refractivity (Wildman–Crippen MR) is 129 cm³/mol. The summed E-state index contributed by atoms with van der Waals surface area (Å²) in [4.78, 5) is 31.6. The van der Waals surface area contributed by atoms with Gasteiger partial charge in [-0.15, -0.1) is 0 Å². The molecule has 0 bridgehead atoms. The molecule has 0 aromatic carbocycles. The molecule has 0 spiro atoms. The topological polar surface area (TPSA) is 74.2 Å². The van der Waals surface area contributed by atoms with Crippen LogP contribution >= 0.6 is 0 Å². The van der Waals surface area contributed by atoms with Gasteiger partial charge in [0.05, 0.1) is 23.3 Å². The standard InChI is InChI=1S/C25H38N6O/c1-4-21-22(5-2)29-24-23(28-21)16-20(17-27-24)31-13-9-19(10-14-31)25(32)26-11-15-30-12-7-6-8-18(30)3/h16-19H,4-15H2,1-3H3,(H,26,32)/t18-/m0/s1. The first-order valence-corrected chi connectivity index (χ1v) is 12.5. The van der Waals surface area contributed by atoms with E-state index in [0.29, 0.717) is 6.04 Å². The van der Waals surface area contributed by atoms with Crippen LogP contribution in [0.2, 0.25) is 0 Å². The maximum absolute atomic E-state index is 12.7. The Morgan fingerprint density at radius 1 is 1.06 bits per heavy atom. The summed E-state index contributed by atoms with van der Waals surface area (Å²) in [5.74, 6) is 0.327. The highest BCUT2D eigenvalue weighted by atomic mass is 16.1. The van der Waals surface area contributed by atoms with Crippen LogP contribution in [-0.2, 0) is 17.6 Å². The van der Waals surface area contributed by atoms with Crippen LogP contribution in [0.4, 0.5) is 5.69 Å². The van der Waals surface area contributed by atoms with Crippen LogP contribution in [0.15, 0.2) is 12.3 Å². The molecule has 4 heterocycles. The lowest BCUT2D eigenvalue weighted by Gasteiger charge is -2.34. The van der Waals surface area contributed by atoms with Crippen LogP contribution in [0, 0.1) is 5.92 Å². The van der Waals surface area contributed by atoms with Crippen molar-refractivity contribution < 1.29 is 4.79 Å². The molecule has 4 rings (SSSR count). The highest BCUT2D eigenvalue weighted by Gasteiger charge is 2.26. The largest absolute Gasteiger partial charge is 0.370 e. The maximum Gasteiger partial charge on any atom is 0.223 e. The summed E-state index contributed by atoms with van der Waals surface area (Å²) in [6.45, 7) is 11.2. The van der Waals surface area contributed by atoms with Crippen LogP contribution < -0.4 is 10.2 Å². The van der Waals surface area contributed by atoms with Gasteiger partial charge in [-0.3, -0.25) is 9.69 Å². The molecule has 32 heavy (non-hydrogen) atoms. The van der Waals surface area contributed by atoms with Gasteiger partial charge in [0.15, 0.2) is 5.65 Å². The molecule has 1 N–H and O–H groups in total.